The summed E-state index contributed by atoms with van der Waals surface area (Å²) in [5, 5.41) is 13.0. The van der Waals surface area contributed by atoms with E-state index >= 15 is 0 Å². The standard InChI is InChI=1S/C16H10Cl2F3N3/c1-8-2-9(3-8)11-7-24(23-14(11)6-22)15-12(17)4-10(5-13(15)18)16(19,20)21/h4-5,7,9H,1-3H2. The fourth-order valence-electron chi connectivity index (χ4n) is 2.69. The van der Waals surface area contributed by atoms with Gasteiger partial charge in [0.2, 0.25) is 0 Å². The van der Waals surface area contributed by atoms with E-state index in [0.29, 0.717) is 0 Å². The lowest BCUT2D eigenvalue weighted by Crippen LogP contribution is -2.12. The maximum absolute atomic E-state index is 12.8. The Balaban J connectivity index is 2.07. The molecule has 1 saturated carbocycles. The molecule has 0 spiro atoms. The molecule has 0 amide bonds. The largest absolute Gasteiger partial charge is 0.416 e. The van der Waals surface area contributed by atoms with E-state index in [9.17, 15) is 18.4 Å². The van der Waals surface area contributed by atoms with Gasteiger partial charge in [-0.05, 0) is 30.9 Å². The van der Waals surface area contributed by atoms with Gasteiger partial charge in [0.15, 0.2) is 5.69 Å². The van der Waals surface area contributed by atoms with Crippen molar-refractivity contribution in [3.8, 4) is 11.8 Å². The molecule has 1 fully saturated rings. The third-order valence-corrected chi connectivity index (χ3v) is 4.51. The fourth-order valence-corrected chi connectivity index (χ4v) is 3.35. The molecule has 124 valence electrons. The topological polar surface area (TPSA) is 41.6 Å². The highest BCUT2D eigenvalue weighted by Crippen LogP contribution is 2.42. The summed E-state index contributed by atoms with van der Waals surface area (Å²) < 4.78 is 39.7. The Morgan fingerprint density at radius 2 is 1.83 bits per heavy atom. The highest BCUT2D eigenvalue weighted by atomic mass is 35.5. The predicted molar refractivity (Wildman–Crippen MR) is 84.4 cm³/mol. The van der Waals surface area contributed by atoms with Crippen molar-refractivity contribution >= 4 is 23.2 Å². The lowest BCUT2D eigenvalue weighted by Gasteiger charge is -2.27. The molecule has 24 heavy (non-hydrogen) atoms. The Labute approximate surface area is 145 Å². The molecule has 3 rings (SSSR count). The van der Waals surface area contributed by atoms with Crippen LogP contribution in [0.25, 0.3) is 5.69 Å². The number of alkyl halides is 3. The van der Waals surface area contributed by atoms with Crippen LogP contribution in [0.3, 0.4) is 0 Å². The average molecular weight is 372 g/mol. The van der Waals surface area contributed by atoms with Gasteiger partial charge >= 0.3 is 6.18 Å². The van der Waals surface area contributed by atoms with Gasteiger partial charge in [-0.3, -0.25) is 0 Å². The van der Waals surface area contributed by atoms with Crippen LogP contribution in [0, 0.1) is 11.3 Å². The second kappa shape index (κ2) is 5.83. The number of rotatable bonds is 2. The van der Waals surface area contributed by atoms with Crippen LogP contribution in [0.15, 0.2) is 30.5 Å². The minimum Gasteiger partial charge on any atom is -0.236 e. The van der Waals surface area contributed by atoms with Gasteiger partial charge in [0.25, 0.3) is 0 Å². The van der Waals surface area contributed by atoms with Gasteiger partial charge in [-0.2, -0.15) is 23.5 Å². The van der Waals surface area contributed by atoms with E-state index in [1.807, 2.05) is 6.07 Å². The lowest BCUT2D eigenvalue weighted by molar-refractivity contribution is -0.137. The summed E-state index contributed by atoms with van der Waals surface area (Å²) in [5.41, 5.74) is 1.19. The first-order valence-electron chi connectivity index (χ1n) is 6.93. The molecule has 1 aliphatic rings. The van der Waals surface area contributed by atoms with E-state index in [2.05, 4.69) is 11.7 Å². The molecule has 1 heterocycles. The van der Waals surface area contributed by atoms with Crippen LogP contribution in [-0.4, -0.2) is 9.78 Å². The van der Waals surface area contributed by atoms with E-state index < -0.39 is 11.7 Å². The van der Waals surface area contributed by atoms with Crippen LogP contribution in [0.5, 0.6) is 0 Å². The first-order valence-corrected chi connectivity index (χ1v) is 7.69. The van der Waals surface area contributed by atoms with E-state index in [1.165, 1.54) is 4.68 Å². The summed E-state index contributed by atoms with van der Waals surface area (Å²) >= 11 is 12.0. The lowest BCUT2D eigenvalue weighted by atomic mass is 9.77. The van der Waals surface area contributed by atoms with Gasteiger partial charge in [0.1, 0.15) is 11.8 Å². The molecule has 0 aliphatic heterocycles. The van der Waals surface area contributed by atoms with Crippen LogP contribution in [-0.2, 0) is 6.18 Å². The molecule has 1 aromatic heterocycles. The van der Waals surface area contributed by atoms with E-state index in [4.69, 9.17) is 23.2 Å². The van der Waals surface area contributed by atoms with Crippen molar-refractivity contribution in [3.05, 3.63) is 57.3 Å². The number of allylic oxidation sites excluding steroid dienone is 1. The minimum atomic E-state index is -4.55. The molecule has 0 atom stereocenters. The molecule has 0 bridgehead atoms. The molecular weight excluding hydrogens is 362 g/mol. The van der Waals surface area contributed by atoms with Crippen LogP contribution in [0.2, 0.25) is 10.0 Å². The number of aromatic nitrogens is 2. The predicted octanol–water partition coefficient (Wildman–Crippen LogP) is 5.50. The first-order chi connectivity index (χ1) is 11.2. The highest BCUT2D eigenvalue weighted by molar-refractivity contribution is 6.37. The van der Waals surface area contributed by atoms with E-state index in [0.717, 1.165) is 36.1 Å². The number of halogens is 5. The van der Waals surface area contributed by atoms with Gasteiger partial charge in [0, 0.05) is 11.8 Å². The Morgan fingerprint density at radius 3 is 2.29 bits per heavy atom. The Hall–Kier alpha value is -1.97. The average Bonchev–Trinajstić information content (AvgIpc) is 2.85. The van der Waals surface area contributed by atoms with Gasteiger partial charge < -0.3 is 0 Å². The Morgan fingerprint density at radius 1 is 1.25 bits per heavy atom. The summed E-state index contributed by atoms with van der Waals surface area (Å²) in [6.45, 7) is 3.86. The Kier molecular flexibility index (Phi) is 4.10. The molecule has 1 aromatic carbocycles. The maximum atomic E-state index is 12.8. The molecule has 2 aromatic rings. The van der Waals surface area contributed by atoms with E-state index in [-0.39, 0.29) is 27.3 Å². The van der Waals surface area contributed by atoms with Crippen LogP contribution >= 0.6 is 23.2 Å². The quantitative estimate of drug-likeness (QED) is 0.653. The van der Waals surface area contributed by atoms with Gasteiger partial charge in [-0.15, -0.1) is 0 Å². The van der Waals surface area contributed by atoms with Gasteiger partial charge in [-0.1, -0.05) is 35.4 Å². The summed E-state index contributed by atoms with van der Waals surface area (Å²) in [4.78, 5) is 0. The Bertz CT molecular complexity index is 847. The molecule has 0 N–H and O–H groups in total. The normalized spacial score (nSPS) is 15.2. The number of nitrogens with zero attached hydrogens (tertiary/aromatic N) is 3. The zero-order valence-corrected chi connectivity index (χ0v) is 13.7. The van der Waals surface area contributed by atoms with Crippen LogP contribution < -0.4 is 0 Å². The number of hydrogen-bond donors (Lipinski definition) is 0. The maximum Gasteiger partial charge on any atom is 0.416 e. The fraction of sp³-hybridized carbons (Fsp3) is 0.250. The highest BCUT2D eigenvalue weighted by Gasteiger charge is 2.33. The van der Waals surface area contributed by atoms with Crippen molar-refractivity contribution in [1.82, 2.24) is 9.78 Å². The molecule has 0 saturated heterocycles. The monoisotopic (exact) mass is 371 g/mol. The van der Waals surface area contributed by atoms with Crippen molar-refractivity contribution in [2.75, 3.05) is 0 Å². The summed E-state index contributed by atoms with van der Waals surface area (Å²) in [5.74, 6) is 0.132. The molecule has 3 nitrogen and oxygen atoms in total. The number of hydrogen-bond acceptors (Lipinski definition) is 2. The zero-order chi connectivity index (χ0) is 17.6. The second-order valence-corrected chi connectivity index (χ2v) is 6.45. The smallest absolute Gasteiger partial charge is 0.236 e. The van der Waals surface area contributed by atoms with Crippen molar-refractivity contribution < 1.29 is 13.2 Å². The zero-order valence-electron chi connectivity index (χ0n) is 12.2. The second-order valence-electron chi connectivity index (χ2n) is 5.63. The molecule has 8 heteroatoms. The van der Waals surface area contributed by atoms with Crippen LogP contribution in [0.1, 0.15) is 35.6 Å². The summed E-state index contributed by atoms with van der Waals surface area (Å²) in [6.07, 6.45) is -1.44. The van der Waals surface area contributed by atoms with E-state index in [1.54, 1.807) is 6.20 Å². The third-order valence-electron chi connectivity index (χ3n) is 3.93. The molecule has 0 unspecified atom stereocenters. The van der Waals surface area contributed by atoms with Gasteiger partial charge in [0.05, 0.1) is 15.6 Å². The van der Waals surface area contributed by atoms with Gasteiger partial charge in [-0.25, -0.2) is 4.68 Å². The van der Waals surface area contributed by atoms with Crippen molar-refractivity contribution in [2.45, 2.75) is 24.9 Å². The van der Waals surface area contributed by atoms with Crippen molar-refractivity contribution in [1.29, 1.82) is 5.26 Å². The molecule has 0 radical (unpaired) electrons. The third kappa shape index (κ3) is 2.90. The molecule has 1 aliphatic carbocycles. The summed E-state index contributed by atoms with van der Waals surface area (Å²) in [7, 11) is 0. The van der Waals surface area contributed by atoms with Crippen LogP contribution in [0.4, 0.5) is 13.2 Å². The van der Waals surface area contributed by atoms with Crippen molar-refractivity contribution in [2.24, 2.45) is 0 Å². The number of benzene rings is 1. The summed E-state index contributed by atoms with van der Waals surface area (Å²) in [6, 6.07) is 3.58. The minimum absolute atomic E-state index is 0.118. The number of nitriles is 1. The van der Waals surface area contributed by atoms with Crippen molar-refractivity contribution in [3.63, 3.8) is 0 Å². The molecular formula is C16H10Cl2F3N3. The first kappa shape index (κ1) is 16.9. The SMILES string of the molecule is C=C1CC(c2cn(-c3c(Cl)cc(C(F)(F)F)cc3Cl)nc2C#N)C1.